The number of aromatic hydroxyl groups is 1. The third kappa shape index (κ3) is 5.14. The summed E-state index contributed by atoms with van der Waals surface area (Å²) in [6, 6.07) is 21.4. The number of rotatable bonds is 6. The number of likely N-dealkylation sites (tertiary alicyclic amines) is 1. The van der Waals surface area contributed by atoms with E-state index in [2.05, 4.69) is 11.0 Å². The van der Waals surface area contributed by atoms with Crippen LogP contribution in [0, 0.1) is 11.8 Å². The predicted octanol–water partition coefficient (Wildman–Crippen LogP) is 5.38. The second kappa shape index (κ2) is 10.3. The molecule has 6 heteroatoms. The standard InChI is InChI=1S/C33H38N2O4/c1-22(36)39-31-18-28(34(2)32(38)26-13-12-24-6-3-4-7-25(24)16-26)19-33(27-8-5-9-29(37)17-27)14-15-35(21-30(31)33)20-23-10-11-23/h3-9,12-13,16-17,23,28,30-31,37H,10-11,14-15,18-21H2,1-2H3/t28-,30-,31?,33-/m0/s1. The van der Waals surface area contributed by atoms with Crippen LogP contribution < -0.4 is 0 Å². The molecule has 1 N–H and O–H groups in total. The Morgan fingerprint density at radius 2 is 1.85 bits per heavy atom. The van der Waals surface area contributed by atoms with Crippen LogP contribution in [0.3, 0.4) is 0 Å². The SMILES string of the molecule is CC(=O)OC1C[C@H](N(C)C(=O)c2ccc3ccccc3c2)C[C@]2(c3cccc(O)c3)CCN(CC3CC3)C[C@@H]12. The number of carbonyl (C=O) groups excluding carboxylic acids is 2. The van der Waals surface area contributed by atoms with Gasteiger partial charge in [-0.1, -0.05) is 42.5 Å². The number of benzene rings is 3. The van der Waals surface area contributed by atoms with Gasteiger partial charge in [0.2, 0.25) is 0 Å². The van der Waals surface area contributed by atoms with Crippen molar-refractivity contribution in [3.8, 4) is 5.75 Å². The van der Waals surface area contributed by atoms with Crippen molar-refractivity contribution >= 4 is 22.6 Å². The largest absolute Gasteiger partial charge is 0.508 e. The highest BCUT2D eigenvalue weighted by molar-refractivity contribution is 5.98. The smallest absolute Gasteiger partial charge is 0.302 e. The molecule has 3 aliphatic rings. The third-order valence-corrected chi connectivity index (χ3v) is 9.41. The fourth-order valence-electron chi connectivity index (χ4n) is 7.20. The van der Waals surface area contributed by atoms with E-state index in [0.29, 0.717) is 12.0 Å². The molecule has 1 aliphatic heterocycles. The molecule has 1 heterocycles. The van der Waals surface area contributed by atoms with Gasteiger partial charge in [0.25, 0.3) is 5.91 Å². The number of amides is 1. The Labute approximate surface area is 230 Å². The van der Waals surface area contributed by atoms with Gasteiger partial charge in [0.15, 0.2) is 0 Å². The summed E-state index contributed by atoms with van der Waals surface area (Å²) < 4.78 is 6.06. The van der Waals surface area contributed by atoms with E-state index in [0.717, 1.165) is 54.7 Å². The monoisotopic (exact) mass is 526 g/mol. The zero-order valence-electron chi connectivity index (χ0n) is 22.9. The maximum atomic E-state index is 13.8. The van der Waals surface area contributed by atoms with Crippen LogP contribution in [0.15, 0.2) is 66.7 Å². The molecule has 4 atom stereocenters. The van der Waals surface area contributed by atoms with Crippen molar-refractivity contribution in [3.05, 3.63) is 77.9 Å². The first-order valence-corrected chi connectivity index (χ1v) is 14.3. The minimum Gasteiger partial charge on any atom is -0.508 e. The van der Waals surface area contributed by atoms with Gasteiger partial charge in [-0.05, 0) is 78.7 Å². The van der Waals surface area contributed by atoms with Crippen LogP contribution in [-0.2, 0) is 14.9 Å². The van der Waals surface area contributed by atoms with E-state index in [9.17, 15) is 14.7 Å². The minimum absolute atomic E-state index is 0.0250. The molecular weight excluding hydrogens is 488 g/mol. The molecule has 2 aliphatic carbocycles. The molecule has 3 fully saturated rings. The molecule has 6 nitrogen and oxygen atoms in total. The van der Waals surface area contributed by atoms with Crippen LogP contribution in [0.2, 0.25) is 0 Å². The van der Waals surface area contributed by atoms with Gasteiger partial charge in [0.05, 0.1) is 0 Å². The van der Waals surface area contributed by atoms with Gasteiger partial charge >= 0.3 is 5.97 Å². The van der Waals surface area contributed by atoms with Crippen LogP contribution in [0.1, 0.15) is 54.9 Å². The lowest BCUT2D eigenvalue weighted by molar-refractivity contribution is -0.158. The van der Waals surface area contributed by atoms with Crippen LogP contribution >= 0.6 is 0 Å². The number of ether oxygens (including phenoxy) is 1. The topological polar surface area (TPSA) is 70.1 Å². The number of piperidine rings is 1. The maximum Gasteiger partial charge on any atom is 0.302 e. The molecule has 3 aromatic carbocycles. The molecular formula is C33H38N2O4. The molecule has 39 heavy (non-hydrogen) atoms. The summed E-state index contributed by atoms with van der Waals surface area (Å²) in [4.78, 5) is 30.6. The van der Waals surface area contributed by atoms with Gasteiger partial charge in [-0.2, -0.15) is 0 Å². The normalized spacial score (nSPS) is 27.1. The van der Waals surface area contributed by atoms with Crippen molar-refractivity contribution in [2.75, 3.05) is 26.7 Å². The summed E-state index contributed by atoms with van der Waals surface area (Å²) in [6.45, 7) is 4.40. The van der Waals surface area contributed by atoms with Crippen LogP contribution in [0.25, 0.3) is 10.8 Å². The second-order valence-corrected chi connectivity index (χ2v) is 12.0. The molecule has 3 aromatic rings. The molecule has 1 unspecified atom stereocenters. The zero-order chi connectivity index (χ0) is 27.1. The van der Waals surface area contributed by atoms with Crippen molar-refractivity contribution in [3.63, 3.8) is 0 Å². The maximum absolute atomic E-state index is 13.8. The first kappa shape index (κ1) is 25.9. The molecule has 0 radical (unpaired) electrons. The van der Waals surface area contributed by atoms with E-state index in [1.165, 1.54) is 19.8 Å². The number of nitrogens with zero attached hydrogens (tertiary/aromatic N) is 2. The first-order chi connectivity index (χ1) is 18.8. The Morgan fingerprint density at radius 1 is 1.05 bits per heavy atom. The number of phenols is 1. The molecule has 2 saturated carbocycles. The Kier molecular flexibility index (Phi) is 6.84. The van der Waals surface area contributed by atoms with Gasteiger partial charge in [-0.3, -0.25) is 9.59 Å². The second-order valence-electron chi connectivity index (χ2n) is 12.0. The molecule has 0 bridgehead atoms. The molecule has 0 aromatic heterocycles. The Morgan fingerprint density at radius 3 is 2.59 bits per heavy atom. The van der Waals surface area contributed by atoms with Crippen molar-refractivity contribution in [2.24, 2.45) is 11.8 Å². The summed E-state index contributed by atoms with van der Waals surface area (Å²) in [6.07, 6.45) is 4.58. The fraction of sp³-hybridized carbons (Fsp3) is 0.455. The van der Waals surface area contributed by atoms with Gasteiger partial charge in [-0.25, -0.2) is 0 Å². The summed E-state index contributed by atoms with van der Waals surface area (Å²) in [7, 11) is 1.88. The number of fused-ring (bicyclic) bond motifs is 2. The van der Waals surface area contributed by atoms with Crippen LogP contribution in [0.5, 0.6) is 5.75 Å². The van der Waals surface area contributed by atoms with E-state index >= 15 is 0 Å². The summed E-state index contributed by atoms with van der Waals surface area (Å²) in [5.74, 6) is 0.813. The third-order valence-electron chi connectivity index (χ3n) is 9.41. The highest BCUT2D eigenvalue weighted by Crippen LogP contribution is 2.52. The molecule has 6 rings (SSSR count). The molecule has 0 spiro atoms. The van der Waals surface area contributed by atoms with E-state index in [1.54, 1.807) is 6.07 Å². The van der Waals surface area contributed by atoms with E-state index in [1.807, 2.05) is 66.5 Å². The summed E-state index contributed by atoms with van der Waals surface area (Å²) in [5.41, 5.74) is 1.43. The fourth-order valence-corrected chi connectivity index (χ4v) is 7.20. The van der Waals surface area contributed by atoms with Crippen molar-refractivity contribution in [2.45, 2.75) is 56.6 Å². The number of hydrogen-bond acceptors (Lipinski definition) is 5. The Bertz CT molecular complexity index is 1380. The van der Waals surface area contributed by atoms with Gasteiger partial charge in [-0.15, -0.1) is 0 Å². The number of hydrogen-bond donors (Lipinski definition) is 1. The van der Waals surface area contributed by atoms with E-state index in [-0.39, 0.29) is 41.1 Å². The first-order valence-electron chi connectivity index (χ1n) is 14.3. The van der Waals surface area contributed by atoms with Gasteiger partial charge in [0.1, 0.15) is 11.9 Å². The van der Waals surface area contributed by atoms with Crippen LogP contribution in [0.4, 0.5) is 0 Å². The lowest BCUT2D eigenvalue weighted by atomic mass is 9.56. The number of carbonyl (C=O) groups is 2. The number of phenolic OH excluding ortho intramolecular Hbond substituents is 1. The predicted molar refractivity (Wildman–Crippen MR) is 152 cm³/mol. The minimum atomic E-state index is -0.308. The highest BCUT2D eigenvalue weighted by atomic mass is 16.5. The molecule has 1 amide bonds. The van der Waals surface area contributed by atoms with Crippen molar-refractivity contribution in [1.82, 2.24) is 9.80 Å². The number of esters is 1. The average Bonchev–Trinajstić information content (AvgIpc) is 3.76. The van der Waals surface area contributed by atoms with Crippen molar-refractivity contribution in [1.29, 1.82) is 0 Å². The quantitative estimate of drug-likeness (QED) is 0.437. The zero-order valence-corrected chi connectivity index (χ0v) is 22.9. The lowest BCUT2D eigenvalue weighted by Crippen LogP contribution is -2.62. The molecule has 204 valence electrons. The molecule has 1 saturated heterocycles. The van der Waals surface area contributed by atoms with E-state index < -0.39 is 0 Å². The highest BCUT2D eigenvalue weighted by Gasteiger charge is 2.54. The van der Waals surface area contributed by atoms with Crippen molar-refractivity contribution < 1.29 is 19.4 Å². The van der Waals surface area contributed by atoms with Crippen LogP contribution in [-0.4, -0.2) is 65.6 Å². The average molecular weight is 527 g/mol. The van der Waals surface area contributed by atoms with Gasteiger partial charge in [0, 0.05) is 56.4 Å². The summed E-state index contributed by atoms with van der Waals surface area (Å²) in [5, 5.41) is 12.6. The van der Waals surface area contributed by atoms with Gasteiger partial charge < -0.3 is 19.6 Å². The lowest BCUT2D eigenvalue weighted by Gasteiger charge is -2.56. The summed E-state index contributed by atoms with van der Waals surface area (Å²) >= 11 is 0. The Hall–Kier alpha value is -3.38. The Balaban J connectivity index is 1.35. The van der Waals surface area contributed by atoms with E-state index in [4.69, 9.17) is 4.74 Å².